The first-order valence-electron chi connectivity index (χ1n) is 6.76. The molecular formula is C14H22ClN7. The average Bonchev–Trinajstić information content (AvgIpc) is 2.46. The van der Waals surface area contributed by atoms with Crippen molar-refractivity contribution in [3.63, 3.8) is 0 Å². The van der Waals surface area contributed by atoms with Crippen LogP contribution in [0.1, 0.15) is 19.4 Å². The van der Waals surface area contributed by atoms with Crippen molar-refractivity contribution in [3.8, 4) is 0 Å². The van der Waals surface area contributed by atoms with Crippen LogP contribution < -0.4 is 33.8 Å². The number of halogens is 1. The summed E-state index contributed by atoms with van der Waals surface area (Å²) in [6, 6.07) is 6.76. The highest BCUT2D eigenvalue weighted by molar-refractivity contribution is 6.33. The highest BCUT2D eigenvalue weighted by atomic mass is 35.5. The van der Waals surface area contributed by atoms with E-state index in [1.807, 2.05) is 13.8 Å². The lowest BCUT2D eigenvalue weighted by Crippen LogP contribution is -2.31. The molecule has 120 valence electrons. The van der Waals surface area contributed by atoms with Crippen LogP contribution in [0, 0.1) is 0 Å². The first-order chi connectivity index (χ1) is 10.4. The average molecular weight is 324 g/mol. The fourth-order valence-electron chi connectivity index (χ4n) is 1.88. The van der Waals surface area contributed by atoms with E-state index in [4.69, 9.17) is 40.4 Å². The van der Waals surface area contributed by atoms with Crippen LogP contribution in [0.25, 0.3) is 0 Å². The number of nitrogens with zero attached hydrogens (tertiary/aromatic N) is 2. The monoisotopic (exact) mass is 323 g/mol. The zero-order valence-electron chi connectivity index (χ0n) is 12.7. The number of hydrogen-bond acceptors (Lipinski definition) is 7. The van der Waals surface area contributed by atoms with Gasteiger partial charge in [0.1, 0.15) is 11.6 Å². The van der Waals surface area contributed by atoms with Crippen molar-refractivity contribution in [1.82, 2.24) is 4.98 Å². The molecule has 0 amide bonds. The number of rotatable bonds is 3. The van der Waals surface area contributed by atoms with Gasteiger partial charge in [0.25, 0.3) is 0 Å². The van der Waals surface area contributed by atoms with Crippen molar-refractivity contribution in [2.24, 2.45) is 5.84 Å². The summed E-state index contributed by atoms with van der Waals surface area (Å²) in [5.74, 6) is 6.45. The molecule has 10 N–H and O–H groups in total. The van der Waals surface area contributed by atoms with Gasteiger partial charge in [0, 0.05) is 5.56 Å². The van der Waals surface area contributed by atoms with Crippen LogP contribution in [-0.4, -0.2) is 4.98 Å². The second-order valence-electron chi connectivity index (χ2n) is 4.31. The molecule has 8 heteroatoms. The van der Waals surface area contributed by atoms with Crippen LogP contribution >= 0.6 is 11.6 Å². The van der Waals surface area contributed by atoms with E-state index in [-0.39, 0.29) is 18.2 Å². The van der Waals surface area contributed by atoms with E-state index >= 15 is 0 Å². The molecule has 1 heterocycles. The van der Waals surface area contributed by atoms with Gasteiger partial charge in [-0.2, -0.15) is 0 Å². The number of nitrogen functional groups attached to an aromatic ring is 4. The van der Waals surface area contributed by atoms with Crippen molar-refractivity contribution < 1.29 is 0 Å². The van der Waals surface area contributed by atoms with Crippen LogP contribution in [0.4, 0.5) is 28.7 Å². The van der Waals surface area contributed by atoms with Crippen LogP contribution in [0.5, 0.6) is 0 Å². The van der Waals surface area contributed by atoms with E-state index in [2.05, 4.69) is 4.98 Å². The number of para-hydroxylation sites is 1. The van der Waals surface area contributed by atoms with Crippen molar-refractivity contribution in [2.75, 3.05) is 27.9 Å². The van der Waals surface area contributed by atoms with Gasteiger partial charge >= 0.3 is 0 Å². The summed E-state index contributed by atoms with van der Waals surface area (Å²) in [6.07, 6.45) is 0. The molecule has 1 aromatic carbocycles. The Bertz CT molecular complexity index is 625. The lowest BCUT2D eigenvalue weighted by atomic mass is 10.2. The molecule has 2 aromatic rings. The molecule has 0 saturated heterocycles. The predicted molar refractivity (Wildman–Crippen MR) is 95.1 cm³/mol. The molecule has 0 aliphatic heterocycles. The third-order valence-electron chi connectivity index (χ3n) is 2.84. The Labute approximate surface area is 135 Å². The van der Waals surface area contributed by atoms with Crippen molar-refractivity contribution in [2.45, 2.75) is 20.4 Å². The first kappa shape index (κ1) is 17.7. The standard InChI is InChI=1S/C12H16ClN7.C2H6/c13-7-2-1-3-8(14)11(7)20(18)5-6-4-9(15)19-12(17)10(6)16;1-2/h1-4H,5,14,16,18H2,(H4,15,17,19);1-2H3. The van der Waals surface area contributed by atoms with E-state index in [0.29, 0.717) is 27.6 Å². The summed E-state index contributed by atoms with van der Waals surface area (Å²) in [7, 11) is 0. The van der Waals surface area contributed by atoms with E-state index < -0.39 is 0 Å². The Hall–Kier alpha value is -2.38. The smallest absolute Gasteiger partial charge is 0.149 e. The Morgan fingerprint density at radius 2 is 1.77 bits per heavy atom. The van der Waals surface area contributed by atoms with Gasteiger partial charge in [-0.1, -0.05) is 31.5 Å². The Morgan fingerprint density at radius 3 is 2.36 bits per heavy atom. The van der Waals surface area contributed by atoms with Gasteiger partial charge in [-0.05, 0) is 18.2 Å². The minimum absolute atomic E-state index is 0.167. The molecule has 0 aliphatic rings. The maximum absolute atomic E-state index is 6.10. The van der Waals surface area contributed by atoms with Crippen LogP contribution in [0.2, 0.25) is 5.02 Å². The molecule has 0 radical (unpaired) electrons. The zero-order chi connectivity index (χ0) is 16.9. The molecule has 1 aromatic heterocycles. The van der Waals surface area contributed by atoms with Crippen molar-refractivity contribution >= 4 is 40.3 Å². The minimum atomic E-state index is 0.167. The maximum Gasteiger partial charge on any atom is 0.149 e. The van der Waals surface area contributed by atoms with Gasteiger partial charge in [0.2, 0.25) is 0 Å². The zero-order valence-corrected chi connectivity index (χ0v) is 13.4. The second-order valence-corrected chi connectivity index (χ2v) is 4.72. The fraction of sp³-hybridized carbons (Fsp3) is 0.214. The van der Waals surface area contributed by atoms with Crippen molar-refractivity contribution in [1.29, 1.82) is 0 Å². The molecule has 0 spiro atoms. The molecule has 0 aliphatic carbocycles. The quantitative estimate of drug-likeness (QED) is 0.329. The van der Waals surface area contributed by atoms with Gasteiger partial charge in [-0.25, -0.2) is 10.8 Å². The number of pyridine rings is 1. The Morgan fingerprint density at radius 1 is 1.14 bits per heavy atom. The number of aromatic nitrogens is 1. The normalized spacial score (nSPS) is 9.82. The Kier molecular flexibility index (Phi) is 6.09. The summed E-state index contributed by atoms with van der Waals surface area (Å²) in [6.45, 7) is 4.25. The molecule has 0 atom stereocenters. The molecule has 7 nitrogen and oxygen atoms in total. The largest absolute Gasteiger partial charge is 0.397 e. The highest BCUT2D eigenvalue weighted by Crippen LogP contribution is 2.32. The molecular weight excluding hydrogens is 302 g/mol. The summed E-state index contributed by atoms with van der Waals surface area (Å²) >= 11 is 6.10. The van der Waals surface area contributed by atoms with E-state index in [9.17, 15) is 0 Å². The molecule has 22 heavy (non-hydrogen) atoms. The van der Waals surface area contributed by atoms with E-state index in [1.165, 1.54) is 5.01 Å². The Balaban J connectivity index is 0.00000116. The van der Waals surface area contributed by atoms with Gasteiger partial charge in [0.15, 0.2) is 0 Å². The van der Waals surface area contributed by atoms with Gasteiger partial charge < -0.3 is 27.9 Å². The number of benzene rings is 1. The maximum atomic E-state index is 6.10. The topological polar surface area (TPSA) is 146 Å². The highest BCUT2D eigenvalue weighted by Gasteiger charge is 2.14. The number of nitrogens with two attached hydrogens (primary N) is 5. The lowest BCUT2D eigenvalue weighted by molar-refractivity contribution is 0.856. The molecule has 0 unspecified atom stereocenters. The van der Waals surface area contributed by atoms with Crippen molar-refractivity contribution in [3.05, 3.63) is 34.9 Å². The second kappa shape index (κ2) is 7.58. The van der Waals surface area contributed by atoms with E-state index in [0.717, 1.165) is 0 Å². The molecule has 2 rings (SSSR count). The van der Waals surface area contributed by atoms with E-state index in [1.54, 1.807) is 24.3 Å². The van der Waals surface area contributed by atoms with Crippen LogP contribution in [0.15, 0.2) is 24.3 Å². The molecule has 0 bridgehead atoms. The van der Waals surface area contributed by atoms with Gasteiger partial charge in [-0.3, -0.25) is 0 Å². The molecule has 0 saturated carbocycles. The fourth-order valence-corrected chi connectivity index (χ4v) is 2.17. The summed E-state index contributed by atoms with van der Waals surface area (Å²) in [5, 5.41) is 1.84. The number of hydrazine groups is 1. The summed E-state index contributed by atoms with van der Waals surface area (Å²) < 4.78 is 0. The first-order valence-corrected chi connectivity index (χ1v) is 7.14. The minimum Gasteiger partial charge on any atom is -0.397 e. The summed E-state index contributed by atoms with van der Waals surface area (Å²) in [5.41, 5.74) is 25.0. The van der Waals surface area contributed by atoms with Gasteiger partial charge in [-0.15, -0.1) is 0 Å². The number of anilines is 5. The predicted octanol–water partition coefficient (Wildman–Crippen LogP) is 1.97. The van der Waals surface area contributed by atoms with Crippen LogP contribution in [-0.2, 0) is 6.54 Å². The third-order valence-corrected chi connectivity index (χ3v) is 3.14. The number of hydrogen-bond donors (Lipinski definition) is 5. The molecule has 0 fully saturated rings. The van der Waals surface area contributed by atoms with Crippen LogP contribution in [0.3, 0.4) is 0 Å². The lowest BCUT2D eigenvalue weighted by Gasteiger charge is -2.22. The SMILES string of the molecule is CC.Nc1cc(CN(N)c2c(N)cccc2Cl)c(N)c(N)n1. The summed E-state index contributed by atoms with van der Waals surface area (Å²) in [4.78, 5) is 3.87. The van der Waals surface area contributed by atoms with Gasteiger partial charge in [0.05, 0.1) is 28.6 Å². The third kappa shape index (κ3) is 3.84.